The summed E-state index contributed by atoms with van der Waals surface area (Å²) in [5.74, 6) is 5.10. The Labute approximate surface area is 338 Å². The van der Waals surface area contributed by atoms with Crippen molar-refractivity contribution in [2.24, 2.45) is 0 Å². The highest BCUT2D eigenvalue weighted by molar-refractivity contribution is 7.04. The number of hydrogen-bond acceptors (Lipinski definition) is 3. The van der Waals surface area contributed by atoms with Crippen LogP contribution in [0.1, 0.15) is 50.1 Å². The number of fused-ring (bicyclic) bond motifs is 9. The Hall–Kier alpha value is -5.87. The van der Waals surface area contributed by atoms with Crippen molar-refractivity contribution in [2.45, 2.75) is 62.3 Å². The highest BCUT2D eigenvalue weighted by atomic mass is 16.5. The lowest BCUT2D eigenvalue weighted by Crippen LogP contribution is -2.67. The minimum absolute atomic E-state index is 0.159. The van der Waals surface area contributed by atoms with Gasteiger partial charge in [0.25, 0.3) is 20.1 Å². The monoisotopic (exact) mass is 738 g/mol. The van der Waals surface area contributed by atoms with Gasteiger partial charge in [-0.1, -0.05) is 157 Å². The number of para-hydroxylation sites is 3. The zero-order valence-electron chi connectivity index (χ0n) is 34.3. The first-order chi connectivity index (χ1) is 27.5. The molecule has 0 N–H and O–H groups in total. The summed E-state index contributed by atoms with van der Waals surface area (Å²) in [6.07, 6.45) is 0. The van der Waals surface area contributed by atoms with Crippen LogP contribution in [0.2, 0.25) is 0 Å². The molecular formula is C51H45B3O3. The molecule has 7 aromatic rings. The van der Waals surface area contributed by atoms with Crippen molar-refractivity contribution in [3.8, 4) is 34.5 Å². The Morgan fingerprint density at radius 1 is 0.298 bits per heavy atom. The highest BCUT2D eigenvalue weighted by Crippen LogP contribution is 2.39. The Morgan fingerprint density at radius 2 is 0.526 bits per heavy atom. The summed E-state index contributed by atoms with van der Waals surface area (Å²) in [6.45, 7) is 19.7. The molecule has 0 amide bonds. The van der Waals surface area contributed by atoms with E-state index in [1.807, 2.05) is 0 Å². The van der Waals surface area contributed by atoms with E-state index in [0.717, 1.165) is 67.3 Å². The Balaban J connectivity index is 1.43. The Morgan fingerprint density at radius 3 is 0.772 bits per heavy atom. The zero-order chi connectivity index (χ0) is 39.4. The quantitative estimate of drug-likeness (QED) is 0.199. The van der Waals surface area contributed by atoms with Crippen molar-refractivity contribution < 1.29 is 14.2 Å². The number of ether oxygens (including phenoxy) is 3. The van der Waals surface area contributed by atoms with Gasteiger partial charge in [-0.3, -0.25) is 0 Å². The zero-order valence-corrected chi connectivity index (χ0v) is 34.3. The van der Waals surface area contributed by atoms with E-state index in [4.69, 9.17) is 14.2 Å². The molecule has 3 aliphatic rings. The van der Waals surface area contributed by atoms with Crippen molar-refractivity contribution in [3.05, 3.63) is 159 Å². The molecule has 0 unspecified atom stereocenters. The molecule has 6 heteroatoms. The average Bonchev–Trinajstić information content (AvgIpc) is 3.16. The third kappa shape index (κ3) is 5.37. The van der Waals surface area contributed by atoms with Crippen LogP contribution in [0.15, 0.2) is 109 Å². The van der Waals surface area contributed by atoms with Crippen LogP contribution < -0.4 is 63.4 Å². The first-order valence-corrected chi connectivity index (χ1v) is 20.3. The molecule has 10 rings (SSSR count). The summed E-state index contributed by atoms with van der Waals surface area (Å²) in [4.78, 5) is 0. The average molecular weight is 738 g/mol. The molecule has 0 atom stereocenters. The van der Waals surface area contributed by atoms with Crippen LogP contribution in [0.4, 0.5) is 0 Å². The predicted octanol–water partition coefficient (Wildman–Crippen LogP) is 6.33. The number of aryl methyl sites for hydroxylation is 9. The highest BCUT2D eigenvalue weighted by Gasteiger charge is 2.50. The second-order valence-corrected chi connectivity index (χ2v) is 16.9. The van der Waals surface area contributed by atoms with E-state index in [9.17, 15) is 0 Å². The van der Waals surface area contributed by atoms with E-state index in [0.29, 0.717) is 0 Å². The SMILES string of the molecule is Cc1cc(C)c(B2c3ccccc3Oc3c2c2c(c4c3B(c3c(C)cc(C)cc3C)c3ccccc3O4)B(c3c(C)cc(C)cc3C)c3ccccc3O2)c(C)c1. The summed E-state index contributed by atoms with van der Waals surface area (Å²) >= 11 is 0. The summed E-state index contributed by atoms with van der Waals surface area (Å²) in [6, 6.07) is 39.7. The van der Waals surface area contributed by atoms with Gasteiger partial charge in [-0.2, -0.15) is 0 Å². The molecule has 7 aromatic carbocycles. The molecule has 0 spiro atoms. The molecule has 0 aliphatic carbocycles. The third-order valence-corrected chi connectivity index (χ3v) is 12.7. The van der Waals surface area contributed by atoms with E-state index in [2.05, 4.69) is 172 Å². The molecule has 0 radical (unpaired) electrons. The maximum Gasteiger partial charge on any atom is 0.256 e. The molecule has 3 nitrogen and oxygen atoms in total. The largest absolute Gasteiger partial charge is 0.459 e. The molecule has 57 heavy (non-hydrogen) atoms. The van der Waals surface area contributed by atoms with E-state index in [1.54, 1.807) is 0 Å². The van der Waals surface area contributed by atoms with E-state index < -0.39 is 0 Å². The molecule has 0 saturated heterocycles. The lowest BCUT2D eigenvalue weighted by molar-refractivity contribution is 0.453. The summed E-state index contributed by atoms with van der Waals surface area (Å²) in [5, 5.41) is 0. The fourth-order valence-corrected chi connectivity index (χ4v) is 10.9. The lowest BCUT2D eigenvalue weighted by atomic mass is 9.27. The fraction of sp³-hybridized carbons (Fsp3) is 0.176. The predicted molar refractivity (Wildman–Crippen MR) is 242 cm³/mol. The van der Waals surface area contributed by atoms with Gasteiger partial charge in [-0.05, 0) is 96.9 Å². The first-order valence-electron chi connectivity index (χ1n) is 20.3. The second-order valence-electron chi connectivity index (χ2n) is 16.9. The van der Waals surface area contributed by atoms with Crippen molar-refractivity contribution in [3.63, 3.8) is 0 Å². The van der Waals surface area contributed by atoms with Gasteiger partial charge in [0, 0.05) is 16.4 Å². The summed E-state index contributed by atoms with van der Waals surface area (Å²) in [5.41, 5.74) is 21.8. The number of rotatable bonds is 3. The van der Waals surface area contributed by atoms with Crippen LogP contribution >= 0.6 is 0 Å². The fourth-order valence-electron chi connectivity index (χ4n) is 10.9. The number of hydrogen-bond donors (Lipinski definition) is 0. The van der Waals surface area contributed by atoms with Crippen LogP contribution in [0.25, 0.3) is 0 Å². The van der Waals surface area contributed by atoms with E-state index in [1.165, 1.54) is 66.5 Å². The maximum absolute atomic E-state index is 7.40. The topological polar surface area (TPSA) is 27.7 Å². The van der Waals surface area contributed by atoms with Gasteiger partial charge in [-0.25, -0.2) is 0 Å². The standard InChI is InChI=1S/C51H45B3O3/c1-28-22-31(4)43(32(5)23-28)52-37-16-10-13-19-40(37)55-49-46(52)50-48(53(38-17-11-14-20-41(38)56-50)44-33(6)24-29(2)25-34(44)7)51-47(49)54(39-18-12-15-21-42(39)57-51)45-35(8)26-30(3)27-36(45)9/h10-27H,1-9H3. The summed E-state index contributed by atoms with van der Waals surface area (Å²) < 4.78 is 22.2. The van der Waals surface area contributed by atoms with Crippen molar-refractivity contribution in [1.29, 1.82) is 0 Å². The van der Waals surface area contributed by atoms with Crippen LogP contribution in [-0.2, 0) is 0 Å². The second kappa shape index (κ2) is 13.1. The normalized spacial score (nSPS) is 13.3. The Kier molecular flexibility index (Phi) is 8.17. The van der Waals surface area contributed by atoms with Gasteiger partial charge < -0.3 is 14.2 Å². The van der Waals surface area contributed by atoms with Gasteiger partial charge in [0.2, 0.25) is 0 Å². The van der Waals surface area contributed by atoms with Gasteiger partial charge in [0.05, 0.1) is 0 Å². The van der Waals surface area contributed by atoms with Gasteiger partial charge in [0.1, 0.15) is 34.5 Å². The minimum atomic E-state index is -0.159. The van der Waals surface area contributed by atoms with Crippen molar-refractivity contribution in [1.82, 2.24) is 0 Å². The minimum Gasteiger partial charge on any atom is -0.459 e. The smallest absolute Gasteiger partial charge is 0.256 e. The van der Waals surface area contributed by atoms with E-state index >= 15 is 0 Å². The lowest BCUT2D eigenvalue weighted by Gasteiger charge is -2.40. The van der Waals surface area contributed by atoms with Gasteiger partial charge in [0.15, 0.2) is 0 Å². The molecule has 3 heterocycles. The van der Waals surface area contributed by atoms with Gasteiger partial charge >= 0.3 is 0 Å². The van der Waals surface area contributed by atoms with Crippen molar-refractivity contribution in [2.75, 3.05) is 0 Å². The van der Waals surface area contributed by atoms with Crippen LogP contribution in [-0.4, -0.2) is 20.1 Å². The molecule has 0 bridgehead atoms. The van der Waals surface area contributed by atoms with E-state index in [-0.39, 0.29) is 20.1 Å². The first kappa shape index (κ1) is 35.5. The van der Waals surface area contributed by atoms with Gasteiger partial charge in [-0.15, -0.1) is 0 Å². The number of benzene rings is 7. The molecule has 276 valence electrons. The molecule has 0 saturated carbocycles. The molecule has 3 aliphatic heterocycles. The molecule has 0 aromatic heterocycles. The maximum atomic E-state index is 7.40. The molecular weight excluding hydrogens is 693 g/mol. The van der Waals surface area contributed by atoms with Crippen LogP contribution in [0.3, 0.4) is 0 Å². The summed E-state index contributed by atoms with van der Waals surface area (Å²) in [7, 11) is 0. The Bertz CT molecular complexity index is 2460. The van der Waals surface area contributed by atoms with Crippen LogP contribution in [0.5, 0.6) is 34.5 Å². The molecule has 0 fully saturated rings. The third-order valence-electron chi connectivity index (χ3n) is 12.7. The van der Waals surface area contributed by atoms with Crippen LogP contribution in [0, 0.1) is 62.3 Å². The van der Waals surface area contributed by atoms with Crippen molar-refractivity contribution >= 4 is 69.3 Å².